The Morgan fingerprint density at radius 3 is 2.71 bits per heavy atom. The Morgan fingerprint density at radius 2 is 2.03 bits per heavy atom. The first-order valence-corrected chi connectivity index (χ1v) is 12.0. The van der Waals surface area contributed by atoms with Crippen LogP contribution in [0.2, 0.25) is 0 Å². The van der Waals surface area contributed by atoms with Gasteiger partial charge in [0.05, 0.1) is 11.8 Å². The molecule has 1 atom stereocenters. The first-order valence-electron chi connectivity index (χ1n) is 12.0. The lowest BCUT2D eigenvalue weighted by molar-refractivity contribution is -0.133. The molecule has 0 spiro atoms. The summed E-state index contributed by atoms with van der Waals surface area (Å²) in [5.41, 5.74) is -0.198. The van der Waals surface area contributed by atoms with Gasteiger partial charge in [-0.15, -0.1) is 0 Å². The van der Waals surface area contributed by atoms with E-state index in [0.29, 0.717) is 43.3 Å². The minimum absolute atomic E-state index is 0.00889. The van der Waals surface area contributed by atoms with Crippen LogP contribution < -0.4 is 0 Å². The summed E-state index contributed by atoms with van der Waals surface area (Å²) in [7, 11) is 0. The van der Waals surface area contributed by atoms with Crippen molar-refractivity contribution in [3.05, 3.63) is 42.2 Å². The van der Waals surface area contributed by atoms with E-state index in [4.69, 9.17) is 9.15 Å². The Balaban J connectivity index is 1.54. The minimum Gasteiger partial charge on any atom is -0.444 e. The lowest BCUT2D eigenvalue weighted by Crippen LogP contribution is -2.48. The van der Waals surface area contributed by atoms with Crippen molar-refractivity contribution in [2.24, 2.45) is 5.92 Å². The lowest BCUT2D eigenvalue weighted by Gasteiger charge is -2.37. The predicted molar refractivity (Wildman–Crippen MR) is 128 cm³/mol. The van der Waals surface area contributed by atoms with Crippen LogP contribution in [0.15, 0.2) is 34.9 Å². The van der Waals surface area contributed by atoms with Crippen molar-refractivity contribution in [3.8, 4) is 11.3 Å². The van der Waals surface area contributed by atoms with Crippen molar-refractivity contribution in [1.29, 1.82) is 0 Å². The second-order valence-electron chi connectivity index (χ2n) is 10.2. The summed E-state index contributed by atoms with van der Waals surface area (Å²) in [4.78, 5) is 33.4. The Labute approximate surface area is 201 Å². The largest absolute Gasteiger partial charge is 0.444 e. The minimum atomic E-state index is -0.551. The van der Waals surface area contributed by atoms with Gasteiger partial charge in [0.25, 0.3) is 0 Å². The quantitative estimate of drug-likeness (QED) is 0.546. The van der Waals surface area contributed by atoms with Gasteiger partial charge in [0.1, 0.15) is 11.4 Å². The molecule has 34 heavy (non-hydrogen) atoms. The number of piperidine rings is 1. The zero-order valence-electron chi connectivity index (χ0n) is 20.8. The van der Waals surface area contributed by atoms with Crippen LogP contribution in [-0.4, -0.2) is 58.1 Å². The number of aryl methyl sites for hydroxylation is 1. The second kappa shape index (κ2) is 11.0. The number of hydrogen-bond acceptors (Lipinski definition) is 5. The van der Waals surface area contributed by atoms with Gasteiger partial charge in [-0.3, -0.25) is 4.79 Å². The lowest BCUT2D eigenvalue weighted by atomic mass is 9.96. The van der Waals surface area contributed by atoms with Crippen LogP contribution in [-0.2, 0) is 16.0 Å². The van der Waals surface area contributed by atoms with Crippen LogP contribution in [0, 0.1) is 11.7 Å². The predicted octanol–water partition coefficient (Wildman–Crippen LogP) is 5.30. The fraction of sp³-hybridized carbons (Fsp3) is 0.577. The number of nitrogens with zero attached hydrogens (tertiary/aromatic N) is 3. The molecule has 1 aromatic heterocycles. The number of amides is 2. The smallest absolute Gasteiger partial charge is 0.410 e. The van der Waals surface area contributed by atoms with Crippen LogP contribution in [0.5, 0.6) is 0 Å². The topological polar surface area (TPSA) is 75.9 Å². The Morgan fingerprint density at radius 1 is 1.29 bits per heavy atom. The molecule has 1 fully saturated rings. The van der Waals surface area contributed by atoms with Crippen LogP contribution in [0.4, 0.5) is 9.18 Å². The second-order valence-corrected chi connectivity index (χ2v) is 10.2. The van der Waals surface area contributed by atoms with Crippen molar-refractivity contribution in [1.82, 2.24) is 14.8 Å². The normalized spacial score (nSPS) is 16.6. The van der Waals surface area contributed by atoms with Gasteiger partial charge < -0.3 is 19.0 Å². The van der Waals surface area contributed by atoms with Gasteiger partial charge in [-0.25, -0.2) is 14.2 Å². The third-order valence-electron chi connectivity index (χ3n) is 5.82. The summed E-state index contributed by atoms with van der Waals surface area (Å²) in [6.45, 7) is 11.4. The van der Waals surface area contributed by atoms with Gasteiger partial charge in [0, 0.05) is 38.5 Å². The van der Waals surface area contributed by atoms with Crippen LogP contribution in [0.25, 0.3) is 11.3 Å². The summed E-state index contributed by atoms with van der Waals surface area (Å²) in [5.74, 6) is 0.624. The number of likely N-dealkylation sites (tertiary alicyclic amines) is 1. The van der Waals surface area contributed by atoms with E-state index in [-0.39, 0.29) is 36.2 Å². The molecule has 0 bridgehead atoms. The molecule has 186 valence electrons. The number of halogens is 1. The van der Waals surface area contributed by atoms with Crippen LogP contribution in [0.1, 0.15) is 59.8 Å². The summed E-state index contributed by atoms with van der Waals surface area (Å²) in [6.07, 6.45) is 3.65. The summed E-state index contributed by atoms with van der Waals surface area (Å²) >= 11 is 0. The number of carbonyl (C=O) groups excluding carboxylic acids is 2. The standard InChI is InChI=1S/C26H36FN3O4/c1-18(2)30(25(32)34-26(3,4)5)17-19-9-8-14-29(16-19)24(31)13-12-23-28-15-22(33-23)20-10-6-7-11-21(20)27/h6-7,10-11,15,18-19H,8-9,12-14,16-17H2,1-5H3/t19-/m1/s1. The highest BCUT2D eigenvalue weighted by Gasteiger charge is 2.30. The molecule has 0 radical (unpaired) electrons. The average Bonchev–Trinajstić information content (AvgIpc) is 3.23. The molecule has 3 rings (SSSR count). The molecule has 7 nitrogen and oxygen atoms in total. The maximum Gasteiger partial charge on any atom is 0.410 e. The Hall–Kier alpha value is -2.90. The van der Waals surface area contributed by atoms with E-state index in [1.165, 1.54) is 12.3 Å². The van der Waals surface area contributed by atoms with Gasteiger partial charge >= 0.3 is 6.09 Å². The number of oxazole rings is 1. The molecule has 1 saturated heterocycles. The molecule has 1 aliphatic rings. The molecule has 1 aliphatic heterocycles. The number of hydrogen-bond donors (Lipinski definition) is 0. The first-order chi connectivity index (χ1) is 16.0. The van der Waals surface area contributed by atoms with Gasteiger partial charge in [-0.05, 0) is 65.5 Å². The van der Waals surface area contributed by atoms with E-state index in [9.17, 15) is 14.0 Å². The Bertz CT molecular complexity index is 982. The monoisotopic (exact) mass is 473 g/mol. The highest BCUT2D eigenvalue weighted by atomic mass is 19.1. The van der Waals surface area contributed by atoms with E-state index in [1.54, 1.807) is 23.1 Å². The van der Waals surface area contributed by atoms with Crippen LogP contribution >= 0.6 is 0 Å². The fourth-order valence-electron chi connectivity index (χ4n) is 4.12. The first kappa shape index (κ1) is 25.7. The van der Waals surface area contributed by atoms with Crippen molar-refractivity contribution in [3.63, 3.8) is 0 Å². The van der Waals surface area contributed by atoms with E-state index < -0.39 is 5.60 Å². The van der Waals surface area contributed by atoms with Gasteiger partial charge in [0.2, 0.25) is 5.91 Å². The molecular weight excluding hydrogens is 437 g/mol. The van der Waals surface area contributed by atoms with Crippen molar-refractivity contribution < 1.29 is 23.1 Å². The van der Waals surface area contributed by atoms with Crippen molar-refractivity contribution in [2.45, 2.75) is 71.9 Å². The van der Waals surface area contributed by atoms with E-state index in [2.05, 4.69) is 4.98 Å². The highest BCUT2D eigenvalue weighted by Crippen LogP contribution is 2.25. The number of benzene rings is 1. The SMILES string of the molecule is CC(C)N(C[C@@H]1CCCN(C(=O)CCc2ncc(-c3ccccc3F)o2)C1)C(=O)OC(C)(C)C. The van der Waals surface area contributed by atoms with E-state index in [0.717, 1.165) is 12.8 Å². The molecule has 1 aromatic carbocycles. The molecule has 2 amide bonds. The number of carbonyl (C=O) groups is 2. The third kappa shape index (κ3) is 7.05. The maximum atomic E-state index is 14.0. The molecule has 0 saturated carbocycles. The summed E-state index contributed by atoms with van der Waals surface area (Å²) < 4.78 is 25.2. The van der Waals surface area contributed by atoms with E-state index >= 15 is 0 Å². The van der Waals surface area contributed by atoms with Crippen molar-refractivity contribution in [2.75, 3.05) is 19.6 Å². The summed E-state index contributed by atoms with van der Waals surface area (Å²) in [5, 5.41) is 0. The van der Waals surface area contributed by atoms with Crippen molar-refractivity contribution >= 4 is 12.0 Å². The van der Waals surface area contributed by atoms with Gasteiger partial charge in [0.15, 0.2) is 11.7 Å². The fourth-order valence-corrected chi connectivity index (χ4v) is 4.12. The molecule has 0 unspecified atom stereocenters. The summed E-state index contributed by atoms with van der Waals surface area (Å²) in [6, 6.07) is 6.37. The zero-order chi connectivity index (χ0) is 24.9. The van der Waals surface area contributed by atoms with Gasteiger partial charge in [-0.1, -0.05) is 12.1 Å². The van der Waals surface area contributed by atoms with E-state index in [1.807, 2.05) is 39.5 Å². The number of rotatable bonds is 7. The van der Waals surface area contributed by atoms with Crippen LogP contribution in [0.3, 0.4) is 0 Å². The molecule has 0 aliphatic carbocycles. The third-order valence-corrected chi connectivity index (χ3v) is 5.82. The highest BCUT2D eigenvalue weighted by molar-refractivity contribution is 5.76. The molecule has 8 heteroatoms. The number of aromatic nitrogens is 1. The zero-order valence-corrected chi connectivity index (χ0v) is 20.8. The molecule has 2 heterocycles. The maximum absolute atomic E-state index is 14.0. The van der Waals surface area contributed by atoms with Gasteiger partial charge in [-0.2, -0.15) is 0 Å². The molecule has 2 aromatic rings. The number of ether oxygens (including phenoxy) is 1. The average molecular weight is 474 g/mol. The molecule has 0 N–H and O–H groups in total. The Kier molecular flexibility index (Phi) is 8.33. The molecular formula is C26H36FN3O4.